The minimum atomic E-state index is 0.457. The minimum absolute atomic E-state index is 0.457. The highest BCUT2D eigenvalue weighted by Gasteiger charge is 2.04. The summed E-state index contributed by atoms with van der Waals surface area (Å²) in [6, 6.07) is 7.96. The van der Waals surface area contributed by atoms with E-state index in [1.165, 1.54) is 5.57 Å². The van der Waals surface area contributed by atoms with Crippen LogP contribution in [0.15, 0.2) is 29.8 Å². The summed E-state index contributed by atoms with van der Waals surface area (Å²) in [5.41, 5.74) is 2.33. The monoisotopic (exact) mass is 231 g/mol. The van der Waals surface area contributed by atoms with E-state index in [9.17, 15) is 0 Å². The molecule has 0 aliphatic carbocycles. The van der Waals surface area contributed by atoms with Gasteiger partial charge in [0.1, 0.15) is 0 Å². The summed E-state index contributed by atoms with van der Waals surface area (Å²) >= 11 is 0. The van der Waals surface area contributed by atoms with Crippen LogP contribution >= 0.6 is 0 Å². The van der Waals surface area contributed by atoms with Gasteiger partial charge >= 0.3 is 0 Å². The van der Waals surface area contributed by atoms with Gasteiger partial charge in [0.05, 0.1) is 26.7 Å². The lowest BCUT2D eigenvalue weighted by Gasteiger charge is -2.09. The number of rotatable bonds is 5. The molecule has 1 aromatic carbocycles. The Morgan fingerprint density at radius 2 is 2.00 bits per heavy atom. The maximum Gasteiger partial charge on any atom is 0.160 e. The summed E-state index contributed by atoms with van der Waals surface area (Å²) in [5, 5.41) is 8.50. The van der Waals surface area contributed by atoms with Gasteiger partial charge in [-0.25, -0.2) is 0 Å². The first-order chi connectivity index (χ1) is 8.21. The lowest BCUT2D eigenvalue weighted by molar-refractivity contribution is 0.354. The molecule has 3 nitrogen and oxygen atoms in total. The Labute approximate surface area is 102 Å². The fourth-order valence-electron chi connectivity index (χ4n) is 1.60. The largest absolute Gasteiger partial charge is 0.493 e. The lowest BCUT2D eigenvalue weighted by Crippen LogP contribution is -1.93. The van der Waals surface area contributed by atoms with E-state index in [0.29, 0.717) is 6.42 Å². The molecule has 1 aromatic rings. The lowest BCUT2D eigenvalue weighted by atomic mass is 10.1. The van der Waals surface area contributed by atoms with E-state index in [1.54, 1.807) is 14.2 Å². The number of hydrogen-bond acceptors (Lipinski definition) is 3. The second-order valence-corrected chi connectivity index (χ2v) is 3.78. The third kappa shape index (κ3) is 3.84. The molecule has 0 atom stereocenters. The number of benzene rings is 1. The molecule has 0 radical (unpaired) electrons. The summed E-state index contributed by atoms with van der Waals surface area (Å²) in [6.45, 7) is 2.02. The normalized spacial score (nSPS) is 10.8. The van der Waals surface area contributed by atoms with Crippen LogP contribution < -0.4 is 9.47 Å². The maximum absolute atomic E-state index is 8.50. The van der Waals surface area contributed by atoms with Gasteiger partial charge in [0.25, 0.3) is 0 Å². The zero-order chi connectivity index (χ0) is 12.7. The van der Waals surface area contributed by atoms with Gasteiger partial charge < -0.3 is 9.47 Å². The number of nitriles is 1. The third-order valence-electron chi connectivity index (χ3n) is 2.47. The zero-order valence-corrected chi connectivity index (χ0v) is 10.5. The smallest absolute Gasteiger partial charge is 0.160 e. The second-order valence-electron chi connectivity index (χ2n) is 3.78. The molecule has 0 heterocycles. The van der Waals surface area contributed by atoms with Crippen molar-refractivity contribution in [2.75, 3.05) is 14.2 Å². The average molecular weight is 231 g/mol. The molecule has 17 heavy (non-hydrogen) atoms. The minimum Gasteiger partial charge on any atom is -0.493 e. The first-order valence-electron chi connectivity index (χ1n) is 5.44. The first-order valence-corrected chi connectivity index (χ1v) is 5.44. The van der Waals surface area contributed by atoms with E-state index >= 15 is 0 Å². The van der Waals surface area contributed by atoms with Gasteiger partial charge in [-0.1, -0.05) is 17.7 Å². The highest BCUT2D eigenvalue weighted by molar-refractivity contribution is 5.43. The molecule has 1 rings (SSSR count). The molecule has 0 spiro atoms. The van der Waals surface area contributed by atoms with Crippen molar-refractivity contribution in [2.45, 2.75) is 19.8 Å². The molecule has 90 valence electrons. The Kier molecular flexibility index (Phi) is 5.09. The fraction of sp³-hybridized carbons (Fsp3) is 0.357. The SMILES string of the molecule is COc1ccc(C/C(C)=C/CC#N)cc1OC. The molecule has 0 saturated heterocycles. The van der Waals surface area contributed by atoms with Crippen molar-refractivity contribution in [3.05, 3.63) is 35.4 Å². The Bertz CT molecular complexity index is 444. The van der Waals surface area contributed by atoms with E-state index in [0.717, 1.165) is 23.5 Å². The van der Waals surface area contributed by atoms with Crippen molar-refractivity contribution in [3.8, 4) is 17.6 Å². The van der Waals surface area contributed by atoms with Crippen LogP contribution in [0.4, 0.5) is 0 Å². The summed E-state index contributed by atoms with van der Waals surface area (Å²) in [7, 11) is 3.25. The fourth-order valence-corrected chi connectivity index (χ4v) is 1.60. The highest BCUT2D eigenvalue weighted by Crippen LogP contribution is 2.28. The summed E-state index contributed by atoms with van der Waals surface area (Å²) < 4.78 is 10.4. The van der Waals surface area contributed by atoms with Crippen LogP contribution in [0.3, 0.4) is 0 Å². The Morgan fingerprint density at radius 1 is 1.29 bits per heavy atom. The Balaban J connectivity index is 2.83. The predicted octanol–water partition coefficient (Wildman–Crippen LogP) is 3.11. The first kappa shape index (κ1) is 13.1. The van der Waals surface area contributed by atoms with Crippen LogP contribution in [0, 0.1) is 11.3 Å². The van der Waals surface area contributed by atoms with Crippen LogP contribution in [0.5, 0.6) is 11.5 Å². The molecule has 0 saturated carbocycles. The quantitative estimate of drug-likeness (QED) is 0.731. The average Bonchev–Trinajstić information content (AvgIpc) is 2.36. The highest BCUT2D eigenvalue weighted by atomic mass is 16.5. The molecule has 0 fully saturated rings. The van der Waals surface area contributed by atoms with Crippen LogP contribution in [-0.4, -0.2) is 14.2 Å². The summed E-state index contributed by atoms with van der Waals surface area (Å²) in [5.74, 6) is 1.47. The standard InChI is InChI=1S/C14H17NO2/c1-11(5-4-8-15)9-12-6-7-13(16-2)14(10-12)17-3/h5-7,10H,4,9H2,1-3H3/b11-5+. The van der Waals surface area contributed by atoms with Crippen molar-refractivity contribution in [1.82, 2.24) is 0 Å². The number of hydrogen-bond donors (Lipinski definition) is 0. The van der Waals surface area contributed by atoms with E-state index in [4.69, 9.17) is 14.7 Å². The third-order valence-corrected chi connectivity index (χ3v) is 2.47. The summed E-state index contributed by atoms with van der Waals surface area (Å²) in [6.07, 6.45) is 3.22. The second kappa shape index (κ2) is 6.59. The molecule has 0 N–H and O–H groups in total. The van der Waals surface area contributed by atoms with Crippen LogP contribution in [-0.2, 0) is 6.42 Å². The van der Waals surface area contributed by atoms with E-state index in [-0.39, 0.29) is 0 Å². The topological polar surface area (TPSA) is 42.2 Å². The van der Waals surface area contributed by atoms with Crippen molar-refractivity contribution < 1.29 is 9.47 Å². The number of methoxy groups -OCH3 is 2. The van der Waals surface area contributed by atoms with Gasteiger partial charge in [0.2, 0.25) is 0 Å². The van der Waals surface area contributed by atoms with Gasteiger partial charge in [-0.3, -0.25) is 0 Å². The Morgan fingerprint density at radius 3 is 2.59 bits per heavy atom. The van der Waals surface area contributed by atoms with Crippen molar-refractivity contribution in [3.63, 3.8) is 0 Å². The molecule has 0 bridgehead atoms. The van der Waals surface area contributed by atoms with Crippen molar-refractivity contribution in [1.29, 1.82) is 5.26 Å². The predicted molar refractivity (Wildman–Crippen MR) is 67.2 cm³/mol. The van der Waals surface area contributed by atoms with Gasteiger partial charge in [0.15, 0.2) is 11.5 Å². The summed E-state index contributed by atoms with van der Waals surface area (Å²) in [4.78, 5) is 0. The van der Waals surface area contributed by atoms with Gasteiger partial charge in [0, 0.05) is 0 Å². The van der Waals surface area contributed by atoms with Crippen molar-refractivity contribution in [2.24, 2.45) is 0 Å². The van der Waals surface area contributed by atoms with E-state index in [2.05, 4.69) is 6.07 Å². The van der Waals surface area contributed by atoms with Gasteiger partial charge in [-0.15, -0.1) is 0 Å². The molecule has 0 aliphatic rings. The van der Waals surface area contributed by atoms with Gasteiger partial charge in [-0.2, -0.15) is 5.26 Å². The van der Waals surface area contributed by atoms with E-state index in [1.807, 2.05) is 31.2 Å². The van der Waals surface area contributed by atoms with E-state index < -0.39 is 0 Å². The molecule has 0 amide bonds. The molecular weight excluding hydrogens is 214 g/mol. The molecule has 0 aliphatic heterocycles. The number of ether oxygens (including phenoxy) is 2. The molecule has 3 heteroatoms. The number of allylic oxidation sites excluding steroid dienone is 2. The maximum atomic E-state index is 8.50. The van der Waals surface area contributed by atoms with Crippen LogP contribution in [0.25, 0.3) is 0 Å². The van der Waals surface area contributed by atoms with Gasteiger partial charge in [-0.05, 0) is 31.0 Å². The van der Waals surface area contributed by atoms with Crippen molar-refractivity contribution >= 4 is 0 Å². The zero-order valence-electron chi connectivity index (χ0n) is 10.5. The van der Waals surface area contributed by atoms with Crippen LogP contribution in [0.1, 0.15) is 18.9 Å². The molecular formula is C14H17NO2. The molecule has 0 unspecified atom stereocenters. The Hall–Kier alpha value is -1.95. The van der Waals surface area contributed by atoms with Crippen LogP contribution in [0.2, 0.25) is 0 Å². The number of nitrogens with zero attached hydrogens (tertiary/aromatic N) is 1. The molecule has 0 aromatic heterocycles.